The molecule has 1 aromatic rings. The molecule has 1 aliphatic rings. The van der Waals surface area contributed by atoms with E-state index in [-0.39, 0.29) is 0 Å². The van der Waals surface area contributed by atoms with Crippen molar-refractivity contribution in [3.63, 3.8) is 0 Å². The van der Waals surface area contributed by atoms with Crippen LogP contribution in [0.25, 0.3) is 0 Å². The van der Waals surface area contributed by atoms with Gasteiger partial charge in [-0.05, 0) is 90.2 Å². The Morgan fingerprint density at radius 3 is 2.50 bits per heavy atom. The van der Waals surface area contributed by atoms with Crippen LogP contribution in [0.5, 0.6) is 5.75 Å². The lowest BCUT2D eigenvalue weighted by atomic mass is 9.85. The predicted octanol–water partition coefficient (Wildman–Crippen LogP) is 3.54. The highest BCUT2D eigenvalue weighted by Gasteiger charge is 2.22. The third-order valence-corrected chi connectivity index (χ3v) is 4.79. The third kappa shape index (κ3) is 2.43. The van der Waals surface area contributed by atoms with Crippen LogP contribution in [0.4, 0.5) is 0 Å². The molecule has 0 bridgehead atoms. The molecule has 1 aliphatic carbocycles. The Morgan fingerprint density at radius 2 is 1.89 bits per heavy atom. The molecule has 0 atom stereocenters. The average molecular weight is 312 g/mol. The van der Waals surface area contributed by atoms with E-state index in [4.69, 9.17) is 10.5 Å². The summed E-state index contributed by atoms with van der Waals surface area (Å²) in [5, 5.41) is 0. The van der Waals surface area contributed by atoms with Gasteiger partial charge in [0.15, 0.2) is 0 Å². The quantitative estimate of drug-likeness (QED) is 0.923. The maximum absolute atomic E-state index is 5.64. The Balaban J connectivity index is 2.53. The Labute approximate surface area is 118 Å². The van der Waals surface area contributed by atoms with E-state index in [1.54, 1.807) is 12.7 Å². The van der Waals surface area contributed by atoms with E-state index in [9.17, 15) is 0 Å². The van der Waals surface area contributed by atoms with Crippen LogP contribution in [0, 0.1) is 6.92 Å². The minimum absolute atomic E-state index is 0.733. The first kappa shape index (κ1) is 13.9. The minimum atomic E-state index is 0.733. The topological polar surface area (TPSA) is 35.2 Å². The van der Waals surface area contributed by atoms with Gasteiger partial charge in [-0.1, -0.05) is 0 Å². The number of nitrogens with two attached hydrogens (primary N) is 1. The van der Waals surface area contributed by atoms with Gasteiger partial charge in [-0.25, -0.2) is 0 Å². The highest BCUT2D eigenvalue weighted by atomic mass is 79.9. The Hall–Kier alpha value is -0.540. The van der Waals surface area contributed by atoms with Crippen LogP contribution in [-0.2, 0) is 19.3 Å². The number of hydrogen-bond donors (Lipinski definition) is 1. The van der Waals surface area contributed by atoms with Crippen LogP contribution in [0.2, 0.25) is 0 Å². The van der Waals surface area contributed by atoms with E-state index in [2.05, 4.69) is 22.9 Å². The lowest BCUT2D eigenvalue weighted by Gasteiger charge is -2.25. The molecule has 0 aromatic heterocycles. The molecule has 2 rings (SSSR count). The summed E-state index contributed by atoms with van der Waals surface area (Å²) in [4.78, 5) is 0. The van der Waals surface area contributed by atoms with Crippen LogP contribution >= 0.6 is 15.9 Å². The van der Waals surface area contributed by atoms with Gasteiger partial charge in [-0.15, -0.1) is 0 Å². The van der Waals surface area contributed by atoms with Gasteiger partial charge in [0.2, 0.25) is 0 Å². The lowest BCUT2D eigenvalue weighted by Crippen LogP contribution is -2.11. The number of hydrogen-bond acceptors (Lipinski definition) is 2. The molecule has 0 fully saturated rings. The number of ether oxygens (including phenoxy) is 1. The van der Waals surface area contributed by atoms with E-state index in [1.165, 1.54) is 46.8 Å². The molecule has 18 heavy (non-hydrogen) atoms. The molecule has 0 amide bonds. The maximum Gasteiger partial charge on any atom is 0.136 e. The molecule has 0 spiro atoms. The van der Waals surface area contributed by atoms with Crippen LogP contribution in [0.15, 0.2) is 4.47 Å². The largest absolute Gasteiger partial charge is 0.495 e. The van der Waals surface area contributed by atoms with Crippen molar-refractivity contribution < 1.29 is 4.74 Å². The van der Waals surface area contributed by atoms with E-state index in [1.807, 2.05) is 0 Å². The molecule has 0 radical (unpaired) electrons. The normalized spacial score (nSPS) is 14.4. The lowest BCUT2D eigenvalue weighted by molar-refractivity contribution is 0.404. The Bertz CT molecular complexity index is 443. The summed E-state index contributed by atoms with van der Waals surface area (Å²) < 4.78 is 6.81. The molecular weight excluding hydrogens is 290 g/mol. The van der Waals surface area contributed by atoms with Gasteiger partial charge in [-0.2, -0.15) is 0 Å². The second-order valence-corrected chi connectivity index (χ2v) is 5.80. The maximum atomic E-state index is 5.64. The molecule has 0 aliphatic heterocycles. The number of benzene rings is 1. The van der Waals surface area contributed by atoms with Gasteiger partial charge < -0.3 is 10.5 Å². The molecule has 100 valence electrons. The Morgan fingerprint density at radius 1 is 1.22 bits per heavy atom. The first-order chi connectivity index (χ1) is 8.70. The molecule has 0 saturated carbocycles. The van der Waals surface area contributed by atoms with Crippen molar-refractivity contribution >= 4 is 15.9 Å². The van der Waals surface area contributed by atoms with Gasteiger partial charge in [0.05, 0.1) is 11.6 Å². The first-order valence-corrected chi connectivity index (χ1v) is 7.56. The predicted molar refractivity (Wildman–Crippen MR) is 79.4 cm³/mol. The average Bonchev–Trinajstić information content (AvgIpc) is 2.41. The number of methoxy groups -OCH3 is 1. The summed E-state index contributed by atoms with van der Waals surface area (Å²) in [7, 11) is 1.76. The summed E-state index contributed by atoms with van der Waals surface area (Å²) >= 11 is 3.75. The zero-order valence-corrected chi connectivity index (χ0v) is 12.9. The molecule has 1 aromatic carbocycles. The van der Waals surface area contributed by atoms with Crippen molar-refractivity contribution in [2.24, 2.45) is 5.73 Å². The summed E-state index contributed by atoms with van der Waals surface area (Å²) in [5.41, 5.74) is 11.4. The van der Waals surface area contributed by atoms with Crippen LogP contribution in [-0.4, -0.2) is 13.7 Å². The zero-order valence-electron chi connectivity index (χ0n) is 11.3. The summed E-state index contributed by atoms with van der Waals surface area (Å²) in [6, 6.07) is 0. The fourth-order valence-electron chi connectivity index (χ4n) is 2.98. The van der Waals surface area contributed by atoms with Gasteiger partial charge in [0.25, 0.3) is 0 Å². The van der Waals surface area contributed by atoms with Gasteiger partial charge in [-0.3, -0.25) is 0 Å². The van der Waals surface area contributed by atoms with Gasteiger partial charge in [0, 0.05) is 0 Å². The SMILES string of the molecule is COc1c(Br)c2c(c(C)c1CCCN)CCCC2. The molecule has 0 heterocycles. The second-order valence-electron chi connectivity index (χ2n) is 5.01. The van der Waals surface area contributed by atoms with Crippen molar-refractivity contribution in [2.75, 3.05) is 13.7 Å². The van der Waals surface area contributed by atoms with E-state index in [0.29, 0.717) is 0 Å². The zero-order chi connectivity index (χ0) is 13.1. The fraction of sp³-hybridized carbons (Fsp3) is 0.600. The summed E-state index contributed by atoms with van der Waals surface area (Å²) in [6.07, 6.45) is 7.00. The third-order valence-electron chi connectivity index (χ3n) is 3.95. The molecule has 2 nitrogen and oxygen atoms in total. The van der Waals surface area contributed by atoms with Crippen molar-refractivity contribution in [1.82, 2.24) is 0 Å². The number of rotatable bonds is 4. The minimum Gasteiger partial charge on any atom is -0.495 e. The van der Waals surface area contributed by atoms with E-state index < -0.39 is 0 Å². The second kappa shape index (κ2) is 6.07. The van der Waals surface area contributed by atoms with Crippen molar-refractivity contribution in [3.8, 4) is 5.75 Å². The van der Waals surface area contributed by atoms with Crippen LogP contribution < -0.4 is 10.5 Å². The number of fused-ring (bicyclic) bond motifs is 1. The first-order valence-electron chi connectivity index (χ1n) is 6.77. The van der Waals surface area contributed by atoms with Crippen LogP contribution in [0.1, 0.15) is 41.5 Å². The molecule has 3 heteroatoms. The smallest absolute Gasteiger partial charge is 0.136 e. The van der Waals surface area contributed by atoms with Crippen molar-refractivity contribution in [3.05, 3.63) is 26.7 Å². The van der Waals surface area contributed by atoms with E-state index >= 15 is 0 Å². The fourth-order valence-corrected chi connectivity index (χ4v) is 3.81. The monoisotopic (exact) mass is 311 g/mol. The Kier molecular flexibility index (Phi) is 4.68. The van der Waals surface area contributed by atoms with Crippen molar-refractivity contribution in [1.29, 1.82) is 0 Å². The standard InChI is InChI=1S/C15H22BrNO/c1-10-11-6-3-4-7-13(11)14(16)15(18-2)12(10)8-5-9-17/h3-9,17H2,1-2H3. The molecule has 2 N–H and O–H groups in total. The van der Waals surface area contributed by atoms with Crippen LogP contribution in [0.3, 0.4) is 0 Å². The van der Waals surface area contributed by atoms with Gasteiger partial charge in [0.1, 0.15) is 5.75 Å². The molecule has 0 unspecified atom stereocenters. The molecular formula is C15H22BrNO. The molecule has 0 saturated heterocycles. The summed E-state index contributed by atoms with van der Waals surface area (Å²) in [6.45, 7) is 2.97. The van der Waals surface area contributed by atoms with Gasteiger partial charge >= 0.3 is 0 Å². The highest BCUT2D eigenvalue weighted by molar-refractivity contribution is 9.10. The highest BCUT2D eigenvalue weighted by Crippen LogP contribution is 2.41. The van der Waals surface area contributed by atoms with Crippen molar-refractivity contribution in [2.45, 2.75) is 45.4 Å². The summed E-state index contributed by atoms with van der Waals surface area (Å²) in [5.74, 6) is 1.03. The number of halogens is 1. The van der Waals surface area contributed by atoms with E-state index in [0.717, 1.165) is 25.1 Å².